The van der Waals surface area contributed by atoms with Gasteiger partial charge in [-0.2, -0.15) is 0 Å². The molecule has 2 aromatic carbocycles. The number of carbonyl (C=O) groups is 1. The molecule has 0 heterocycles. The first kappa shape index (κ1) is 11.0. The average molecular weight is 232 g/mol. The molecule has 3 heteroatoms. The van der Waals surface area contributed by atoms with Crippen LogP contribution in [0, 0.1) is 0 Å². The maximum Gasteiger partial charge on any atom is 0.314 e. The Hall–Kier alpha value is -1.48. The van der Waals surface area contributed by atoms with Crippen molar-refractivity contribution in [3.8, 4) is 0 Å². The lowest BCUT2D eigenvalue weighted by Crippen LogP contribution is -1.91. The molecule has 0 aliphatic carbocycles. The molecule has 0 fully saturated rings. The third-order valence-electron chi connectivity index (χ3n) is 2.27. The van der Waals surface area contributed by atoms with Gasteiger partial charge in [-0.25, -0.2) is 0 Å². The van der Waals surface area contributed by atoms with E-state index in [1.165, 1.54) is 35.3 Å². The van der Waals surface area contributed by atoms with Crippen molar-refractivity contribution in [2.24, 2.45) is 0 Å². The Morgan fingerprint density at radius 3 is 2.75 bits per heavy atom. The lowest BCUT2D eigenvalue weighted by atomic mass is 10.1. The number of fused-ring (bicyclic) bond motifs is 1. The first-order chi connectivity index (χ1) is 7.77. The molecule has 0 aromatic heterocycles. The van der Waals surface area contributed by atoms with Crippen LogP contribution >= 0.6 is 12.0 Å². The van der Waals surface area contributed by atoms with E-state index < -0.39 is 0 Å². The van der Waals surface area contributed by atoms with Gasteiger partial charge in [-0.05, 0) is 16.3 Å². The Morgan fingerprint density at radius 1 is 1.19 bits per heavy atom. The van der Waals surface area contributed by atoms with Crippen LogP contribution in [-0.4, -0.2) is 5.97 Å². The standard InChI is InChI=1S/C13H12O2S/c1-10(14)15-16-9-12-7-4-6-11-5-2-3-8-13(11)12/h2-8H,9H2,1H3. The van der Waals surface area contributed by atoms with E-state index in [-0.39, 0.29) is 5.97 Å². The summed E-state index contributed by atoms with van der Waals surface area (Å²) in [5.74, 6) is 0.422. The Bertz CT molecular complexity index is 503. The van der Waals surface area contributed by atoms with Crippen LogP contribution in [0.1, 0.15) is 12.5 Å². The van der Waals surface area contributed by atoms with Crippen LogP contribution in [0.5, 0.6) is 0 Å². The van der Waals surface area contributed by atoms with E-state index in [0.717, 1.165) is 0 Å². The molecule has 0 N–H and O–H groups in total. The van der Waals surface area contributed by atoms with Gasteiger partial charge in [0, 0.05) is 6.92 Å². The fourth-order valence-electron chi connectivity index (χ4n) is 1.59. The highest BCUT2D eigenvalue weighted by atomic mass is 32.2. The van der Waals surface area contributed by atoms with Gasteiger partial charge >= 0.3 is 5.97 Å². The van der Waals surface area contributed by atoms with Crippen molar-refractivity contribution in [3.63, 3.8) is 0 Å². The zero-order valence-electron chi connectivity index (χ0n) is 8.97. The van der Waals surface area contributed by atoms with Crippen LogP contribution in [0.25, 0.3) is 10.8 Å². The quantitative estimate of drug-likeness (QED) is 0.757. The van der Waals surface area contributed by atoms with Crippen molar-refractivity contribution >= 4 is 28.8 Å². The summed E-state index contributed by atoms with van der Waals surface area (Å²) in [5, 5.41) is 2.42. The molecule has 2 rings (SSSR count). The highest BCUT2D eigenvalue weighted by molar-refractivity contribution is 7.94. The minimum absolute atomic E-state index is 0.259. The highest BCUT2D eigenvalue weighted by Gasteiger charge is 2.01. The molecule has 0 unspecified atom stereocenters. The zero-order valence-corrected chi connectivity index (χ0v) is 9.79. The van der Waals surface area contributed by atoms with Gasteiger partial charge in [0.2, 0.25) is 0 Å². The molecule has 82 valence electrons. The van der Waals surface area contributed by atoms with Gasteiger partial charge in [-0.15, -0.1) is 0 Å². The normalized spacial score (nSPS) is 10.3. The smallest absolute Gasteiger partial charge is 0.314 e. The molecule has 0 spiro atoms. The Morgan fingerprint density at radius 2 is 1.94 bits per heavy atom. The molecule has 2 aromatic rings. The monoisotopic (exact) mass is 232 g/mol. The number of rotatable bonds is 3. The SMILES string of the molecule is CC(=O)OSCc1cccc2ccccc12. The maximum absolute atomic E-state index is 10.7. The van der Waals surface area contributed by atoms with Gasteiger partial charge in [-0.1, -0.05) is 42.5 Å². The highest BCUT2D eigenvalue weighted by Crippen LogP contribution is 2.22. The molecule has 0 aliphatic heterocycles. The molecular formula is C13H12O2S. The van der Waals surface area contributed by atoms with Crippen LogP contribution in [-0.2, 0) is 14.7 Å². The van der Waals surface area contributed by atoms with Crippen LogP contribution in [0.3, 0.4) is 0 Å². The van der Waals surface area contributed by atoms with Crippen molar-refractivity contribution in [3.05, 3.63) is 48.0 Å². The van der Waals surface area contributed by atoms with Crippen LogP contribution in [0.2, 0.25) is 0 Å². The molecule has 0 atom stereocenters. The van der Waals surface area contributed by atoms with Crippen LogP contribution in [0.4, 0.5) is 0 Å². The minimum Gasteiger partial charge on any atom is -0.391 e. The lowest BCUT2D eigenvalue weighted by molar-refractivity contribution is -0.130. The Labute approximate surface area is 98.8 Å². The van der Waals surface area contributed by atoms with E-state index >= 15 is 0 Å². The minimum atomic E-state index is -0.259. The molecule has 0 saturated carbocycles. The number of carbonyl (C=O) groups excluding carboxylic acids is 1. The second-order valence-electron chi connectivity index (χ2n) is 3.48. The number of hydrogen-bond donors (Lipinski definition) is 0. The lowest BCUT2D eigenvalue weighted by Gasteiger charge is -2.05. The summed E-state index contributed by atoms with van der Waals surface area (Å²) in [6.07, 6.45) is 0. The second kappa shape index (κ2) is 5.03. The summed E-state index contributed by atoms with van der Waals surface area (Å²) >= 11 is 1.18. The van der Waals surface area contributed by atoms with Crippen LogP contribution in [0.15, 0.2) is 42.5 Å². The van der Waals surface area contributed by atoms with E-state index in [9.17, 15) is 4.79 Å². The average Bonchev–Trinajstić information content (AvgIpc) is 2.29. The maximum atomic E-state index is 10.7. The summed E-state index contributed by atoms with van der Waals surface area (Å²) in [6, 6.07) is 14.3. The third-order valence-corrected chi connectivity index (χ3v) is 3.05. The Kier molecular flexibility index (Phi) is 3.47. The van der Waals surface area contributed by atoms with Gasteiger partial charge in [0.25, 0.3) is 0 Å². The van der Waals surface area contributed by atoms with E-state index in [1.807, 2.05) is 18.2 Å². The molecule has 2 nitrogen and oxygen atoms in total. The van der Waals surface area contributed by atoms with Gasteiger partial charge < -0.3 is 4.18 Å². The molecule has 0 saturated heterocycles. The second-order valence-corrected chi connectivity index (χ2v) is 4.17. The van der Waals surface area contributed by atoms with Crippen molar-refractivity contribution in [2.75, 3.05) is 0 Å². The summed E-state index contributed by atoms with van der Waals surface area (Å²) < 4.78 is 4.87. The molecule has 0 aliphatic rings. The molecular weight excluding hydrogens is 220 g/mol. The molecule has 0 bridgehead atoms. The van der Waals surface area contributed by atoms with Crippen molar-refractivity contribution in [1.82, 2.24) is 0 Å². The fraction of sp³-hybridized carbons (Fsp3) is 0.154. The van der Waals surface area contributed by atoms with E-state index in [0.29, 0.717) is 5.75 Å². The zero-order chi connectivity index (χ0) is 11.4. The van der Waals surface area contributed by atoms with Gasteiger partial charge in [0.05, 0.1) is 17.8 Å². The summed E-state index contributed by atoms with van der Waals surface area (Å²) in [4.78, 5) is 10.7. The molecule has 0 radical (unpaired) electrons. The number of hydrogen-bond acceptors (Lipinski definition) is 3. The topological polar surface area (TPSA) is 26.3 Å². The number of benzene rings is 2. The summed E-state index contributed by atoms with van der Waals surface area (Å²) in [7, 11) is 0. The van der Waals surface area contributed by atoms with Crippen molar-refractivity contribution < 1.29 is 8.98 Å². The van der Waals surface area contributed by atoms with E-state index in [1.54, 1.807) is 0 Å². The predicted octanol–water partition coefficient (Wildman–Crippen LogP) is 3.55. The summed E-state index contributed by atoms with van der Waals surface area (Å²) in [6.45, 7) is 1.41. The Balaban J connectivity index is 2.20. The first-order valence-electron chi connectivity index (χ1n) is 5.04. The first-order valence-corrected chi connectivity index (χ1v) is 5.95. The van der Waals surface area contributed by atoms with Gasteiger partial charge in [-0.3, -0.25) is 4.79 Å². The van der Waals surface area contributed by atoms with Crippen molar-refractivity contribution in [1.29, 1.82) is 0 Å². The molecule has 16 heavy (non-hydrogen) atoms. The predicted molar refractivity (Wildman–Crippen MR) is 67.0 cm³/mol. The van der Waals surface area contributed by atoms with E-state index in [4.69, 9.17) is 4.18 Å². The van der Waals surface area contributed by atoms with Gasteiger partial charge in [0.1, 0.15) is 0 Å². The summed E-state index contributed by atoms with van der Waals surface area (Å²) in [5.41, 5.74) is 1.18. The van der Waals surface area contributed by atoms with Crippen LogP contribution < -0.4 is 0 Å². The molecule has 0 amide bonds. The van der Waals surface area contributed by atoms with Crippen molar-refractivity contribution in [2.45, 2.75) is 12.7 Å². The van der Waals surface area contributed by atoms with E-state index in [2.05, 4.69) is 24.3 Å². The largest absolute Gasteiger partial charge is 0.391 e. The van der Waals surface area contributed by atoms with Gasteiger partial charge in [0.15, 0.2) is 0 Å². The third kappa shape index (κ3) is 2.55. The fourth-order valence-corrected chi connectivity index (χ4v) is 2.20.